The van der Waals surface area contributed by atoms with Crippen LogP contribution in [0.15, 0.2) is 69.8 Å². The number of aliphatic imine (C=N–C) groups is 1. The van der Waals surface area contributed by atoms with E-state index in [1.165, 1.54) is 50.9 Å². The smallest absolute Gasteiger partial charge is 0.363 e. The number of halogens is 2. The number of carbonyl (C=O) groups excluding carboxylic acids is 2. The van der Waals surface area contributed by atoms with E-state index in [4.69, 9.17) is 35.3 Å². The molecule has 0 unspecified atom stereocenters. The molecule has 1 aliphatic heterocycles. The maximum atomic E-state index is 13.1. The molecule has 11 heteroatoms. The molecule has 0 aliphatic carbocycles. The third-order valence-corrected chi connectivity index (χ3v) is 7.87. The van der Waals surface area contributed by atoms with Gasteiger partial charge < -0.3 is 23.7 Å². The van der Waals surface area contributed by atoms with Crippen LogP contribution < -0.4 is 18.9 Å². The first-order chi connectivity index (χ1) is 18.8. The molecule has 0 saturated carbocycles. The first-order valence-electron chi connectivity index (χ1n) is 11.3. The molecule has 1 aromatic heterocycles. The lowest BCUT2D eigenvalue weighted by atomic mass is 10.1. The van der Waals surface area contributed by atoms with Gasteiger partial charge in [0.15, 0.2) is 17.2 Å². The summed E-state index contributed by atoms with van der Waals surface area (Å²) in [4.78, 5) is 30.8. The van der Waals surface area contributed by atoms with E-state index in [1.54, 1.807) is 18.2 Å². The molecule has 0 amide bonds. The van der Waals surface area contributed by atoms with E-state index in [-0.39, 0.29) is 22.9 Å². The highest BCUT2D eigenvalue weighted by Crippen LogP contribution is 2.39. The molecule has 0 saturated heterocycles. The summed E-state index contributed by atoms with van der Waals surface area (Å²) in [6.07, 6.45) is 1.49. The third kappa shape index (κ3) is 5.23. The van der Waals surface area contributed by atoms with Crippen LogP contribution in [0.2, 0.25) is 5.02 Å². The highest BCUT2D eigenvalue weighted by atomic mass is 79.9. The minimum Gasteiger partial charge on any atom is -0.493 e. The fourth-order valence-electron chi connectivity index (χ4n) is 3.89. The van der Waals surface area contributed by atoms with Gasteiger partial charge in [0.05, 0.1) is 31.9 Å². The second kappa shape index (κ2) is 11.1. The van der Waals surface area contributed by atoms with Gasteiger partial charge in [0.25, 0.3) is 0 Å². The lowest BCUT2D eigenvalue weighted by molar-refractivity contribution is -0.129. The van der Waals surface area contributed by atoms with Gasteiger partial charge in [0.2, 0.25) is 11.6 Å². The average molecular weight is 629 g/mol. The Balaban J connectivity index is 1.48. The van der Waals surface area contributed by atoms with E-state index in [9.17, 15) is 9.59 Å². The molecule has 0 N–H and O–H groups in total. The van der Waals surface area contributed by atoms with E-state index in [0.29, 0.717) is 37.2 Å². The molecule has 2 heterocycles. The van der Waals surface area contributed by atoms with Crippen molar-refractivity contribution < 1.29 is 33.3 Å². The van der Waals surface area contributed by atoms with Crippen LogP contribution in [0.5, 0.6) is 23.0 Å². The van der Waals surface area contributed by atoms with E-state index < -0.39 is 11.9 Å². The summed E-state index contributed by atoms with van der Waals surface area (Å²) in [7, 11) is 4.37. The van der Waals surface area contributed by atoms with E-state index in [2.05, 4.69) is 20.9 Å². The number of hydrogen-bond donors (Lipinski definition) is 0. The molecule has 5 rings (SSSR count). The van der Waals surface area contributed by atoms with Gasteiger partial charge in [-0.25, -0.2) is 14.6 Å². The summed E-state index contributed by atoms with van der Waals surface area (Å²) < 4.78 is 28.8. The molecule has 0 atom stereocenters. The van der Waals surface area contributed by atoms with Gasteiger partial charge in [-0.05, 0) is 42.5 Å². The lowest BCUT2D eigenvalue weighted by Gasteiger charge is -2.14. The van der Waals surface area contributed by atoms with Crippen molar-refractivity contribution in [2.75, 3.05) is 21.3 Å². The number of rotatable bonds is 7. The number of esters is 2. The van der Waals surface area contributed by atoms with Crippen molar-refractivity contribution in [1.29, 1.82) is 0 Å². The van der Waals surface area contributed by atoms with Crippen molar-refractivity contribution in [3.05, 3.63) is 85.8 Å². The zero-order valence-electron chi connectivity index (χ0n) is 20.7. The van der Waals surface area contributed by atoms with Gasteiger partial charge in [-0.2, -0.15) is 0 Å². The minimum atomic E-state index is -0.675. The summed E-state index contributed by atoms with van der Waals surface area (Å²) in [5.41, 5.74) is 0.622. The summed E-state index contributed by atoms with van der Waals surface area (Å²) in [6.45, 7) is 0. The molecule has 4 aromatic rings. The molecule has 39 heavy (non-hydrogen) atoms. The number of hydrogen-bond acceptors (Lipinski definition) is 9. The number of carbonyl (C=O) groups is 2. The van der Waals surface area contributed by atoms with Crippen molar-refractivity contribution in [3.63, 3.8) is 0 Å². The zero-order chi connectivity index (χ0) is 27.7. The fraction of sp³-hybridized carbons (Fsp3) is 0.107. The van der Waals surface area contributed by atoms with Gasteiger partial charge in [0.1, 0.15) is 10.6 Å². The number of ether oxygens (including phenoxy) is 5. The van der Waals surface area contributed by atoms with E-state index in [1.807, 2.05) is 24.3 Å². The molecule has 0 fully saturated rings. The van der Waals surface area contributed by atoms with Gasteiger partial charge in [-0.15, -0.1) is 11.3 Å². The van der Waals surface area contributed by atoms with Crippen molar-refractivity contribution in [1.82, 2.24) is 0 Å². The van der Waals surface area contributed by atoms with Crippen LogP contribution in [-0.2, 0) is 9.53 Å². The number of methoxy groups -OCH3 is 3. The molecule has 8 nitrogen and oxygen atoms in total. The molecule has 0 radical (unpaired) electrons. The molecule has 0 spiro atoms. The van der Waals surface area contributed by atoms with Crippen molar-refractivity contribution in [2.45, 2.75) is 0 Å². The second-order valence-electron chi connectivity index (χ2n) is 8.06. The van der Waals surface area contributed by atoms with Crippen molar-refractivity contribution in [2.24, 2.45) is 4.99 Å². The number of fused-ring (bicyclic) bond motifs is 1. The van der Waals surface area contributed by atoms with Crippen LogP contribution in [0.4, 0.5) is 0 Å². The summed E-state index contributed by atoms with van der Waals surface area (Å²) >= 11 is 11.3. The van der Waals surface area contributed by atoms with E-state index in [0.717, 1.165) is 10.1 Å². The number of benzene rings is 3. The Labute approximate surface area is 240 Å². The minimum absolute atomic E-state index is 0.0294. The van der Waals surface area contributed by atoms with Crippen molar-refractivity contribution in [3.8, 4) is 23.0 Å². The second-order valence-corrected chi connectivity index (χ2v) is 10.4. The van der Waals surface area contributed by atoms with Gasteiger partial charge in [-0.3, -0.25) is 0 Å². The Morgan fingerprint density at radius 2 is 1.72 bits per heavy atom. The highest BCUT2D eigenvalue weighted by Gasteiger charge is 2.28. The number of nitrogens with zero attached hydrogens (tertiary/aromatic N) is 1. The Bertz CT molecular complexity index is 1670. The summed E-state index contributed by atoms with van der Waals surface area (Å²) in [6, 6.07) is 15.6. The van der Waals surface area contributed by atoms with Gasteiger partial charge in [-0.1, -0.05) is 45.7 Å². The third-order valence-electron chi connectivity index (χ3n) is 5.72. The Morgan fingerprint density at radius 1 is 1.00 bits per heavy atom. The predicted octanol–water partition coefficient (Wildman–Crippen LogP) is 6.91. The van der Waals surface area contributed by atoms with Crippen LogP contribution >= 0.6 is 38.9 Å². The van der Waals surface area contributed by atoms with Crippen LogP contribution in [0, 0.1) is 0 Å². The Morgan fingerprint density at radius 3 is 2.38 bits per heavy atom. The predicted molar refractivity (Wildman–Crippen MR) is 153 cm³/mol. The quantitative estimate of drug-likeness (QED) is 0.125. The zero-order valence-corrected chi connectivity index (χ0v) is 23.9. The number of thiophene rings is 1. The normalized spacial score (nSPS) is 13.8. The first-order valence-corrected chi connectivity index (χ1v) is 13.3. The van der Waals surface area contributed by atoms with Crippen LogP contribution in [0.1, 0.15) is 20.8 Å². The molecule has 1 aliphatic rings. The topological polar surface area (TPSA) is 92.7 Å². The van der Waals surface area contributed by atoms with E-state index >= 15 is 0 Å². The van der Waals surface area contributed by atoms with Gasteiger partial charge >= 0.3 is 11.9 Å². The molecule has 0 bridgehead atoms. The molecule has 3 aromatic carbocycles. The van der Waals surface area contributed by atoms with Crippen LogP contribution in [-0.4, -0.2) is 39.2 Å². The highest BCUT2D eigenvalue weighted by molar-refractivity contribution is 9.10. The maximum absolute atomic E-state index is 13.1. The summed E-state index contributed by atoms with van der Waals surface area (Å²) in [5, 5.41) is 1.31. The number of cyclic esters (lactones) is 1. The van der Waals surface area contributed by atoms with Crippen molar-refractivity contribution >= 4 is 72.9 Å². The van der Waals surface area contributed by atoms with Crippen LogP contribution in [0.25, 0.3) is 16.2 Å². The Kier molecular flexibility index (Phi) is 7.60. The SMILES string of the molecule is COc1cc(C(=O)Oc2ccc(Br)cc2/C=C2/N=C(c3sc4ccccc4c3Cl)OC2=O)cc(OC)c1OC. The Hall–Kier alpha value is -3.86. The fourth-order valence-corrected chi connectivity index (χ4v) is 5.70. The first kappa shape index (κ1) is 26.7. The monoisotopic (exact) mass is 627 g/mol. The standard InChI is InChI=1S/C28H19BrClNO7S/c1-34-20-12-15(13-21(35-2)24(20)36-3)27(32)37-19-9-8-16(29)10-14(19)11-18-28(33)38-26(31-18)25-23(30)17-6-4-5-7-22(17)39-25/h4-13H,1-3H3/b18-11+. The largest absolute Gasteiger partial charge is 0.493 e. The molecular weight excluding hydrogens is 610 g/mol. The molecular formula is C28H19BrClNO7S. The maximum Gasteiger partial charge on any atom is 0.363 e. The average Bonchev–Trinajstić information content (AvgIpc) is 3.48. The van der Waals surface area contributed by atoms with Crippen LogP contribution in [0.3, 0.4) is 0 Å². The molecule has 198 valence electrons. The lowest BCUT2D eigenvalue weighted by Crippen LogP contribution is -2.10. The van der Waals surface area contributed by atoms with Gasteiger partial charge in [0, 0.05) is 20.1 Å². The summed E-state index contributed by atoms with van der Waals surface area (Å²) in [5.74, 6) is -0.0660.